The van der Waals surface area contributed by atoms with Crippen LogP contribution in [0.1, 0.15) is 41.6 Å². The predicted octanol–water partition coefficient (Wildman–Crippen LogP) is 4.80. The number of benzene rings is 2. The number of fused-ring (bicyclic) bond motifs is 2. The maximum Gasteiger partial charge on any atom is 0.297 e. The van der Waals surface area contributed by atoms with Gasteiger partial charge in [-0.1, -0.05) is 12.1 Å². The van der Waals surface area contributed by atoms with Crippen molar-refractivity contribution in [3.63, 3.8) is 0 Å². The molecule has 1 aliphatic heterocycles. The number of ether oxygens (including phenoxy) is 2. The lowest BCUT2D eigenvalue weighted by molar-refractivity contribution is 0.0971. The molecule has 1 unspecified atom stereocenters. The molecule has 8 heteroatoms. The first-order chi connectivity index (χ1) is 15.6. The van der Waals surface area contributed by atoms with Crippen LogP contribution in [-0.4, -0.2) is 24.1 Å². The molecule has 1 amide bonds. The van der Waals surface area contributed by atoms with Gasteiger partial charge < -0.3 is 13.9 Å². The number of hydrogen-bond acceptors (Lipinski definition) is 7. The number of aromatic nitrogens is 1. The summed E-state index contributed by atoms with van der Waals surface area (Å²) in [4.78, 5) is 32.9. The highest BCUT2D eigenvalue weighted by atomic mass is 32.1. The van der Waals surface area contributed by atoms with E-state index in [1.165, 1.54) is 16.2 Å². The van der Waals surface area contributed by atoms with E-state index in [-0.39, 0.29) is 11.2 Å². The zero-order chi connectivity index (χ0) is 22.2. The molecule has 1 atom stereocenters. The molecule has 0 fully saturated rings. The van der Waals surface area contributed by atoms with Gasteiger partial charge in [0.2, 0.25) is 5.76 Å². The Morgan fingerprint density at radius 1 is 1.03 bits per heavy atom. The van der Waals surface area contributed by atoms with E-state index in [1.54, 1.807) is 29.8 Å². The molecule has 32 heavy (non-hydrogen) atoms. The fourth-order valence-electron chi connectivity index (χ4n) is 3.97. The van der Waals surface area contributed by atoms with Crippen LogP contribution >= 0.6 is 11.3 Å². The topological polar surface area (TPSA) is 81.9 Å². The Labute approximate surface area is 187 Å². The van der Waals surface area contributed by atoms with Crippen molar-refractivity contribution >= 4 is 33.3 Å². The van der Waals surface area contributed by atoms with Gasteiger partial charge >= 0.3 is 0 Å². The van der Waals surface area contributed by atoms with Crippen molar-refractivity contribution in [2.75, 3.05) is 18.1 Å². The first-order valence-corrected chi connectivity index (χ1v) is 11.2. The van der Waals surface area contributed by atoms with Gasteiger partial charge in [-0.3, -0.25) is 14.5 Å². The fourth-order valence-corrected chi connectivity index (χ4v) is 4.64. The largest absolute Gasteiger partial charge is 0.494 e. The Morgan fingerprint density at radius 3 is 2.44 bits per heavy atom. The standard InChI is InChI=1S/C24H20N2O5S/c1-3-29-15-7-5-14(6-8-15)20-19-21(27)17-10-9-16(30-4-2)13-18(17)31-22(19)23(28)26(20)24-25-11-12-32-24/h5-13,20H,3-4H2,1-2H3. The molecular formula is C24H20N2O5S. The van der Waals surface area contributed by atoms with Crippen LogP contribution in [-0.2, 0) is 0 Å². The molecule has 0 bridgehead atoms. The van der Waals surface area contributed by atoms with Crippen LogP contribution in [0.4, 0.5) is 5.13 Å². The van der Waals surface area contributed by atoms with Crippen LogP contribution in [0.3, 0.4) is 0 Å². The van der Waals surface area contributed by atoms with E-state index in [9.17, 15) is 9.59 Å². The van der Waals surface area contributed by atoms with Crippen LogP contribution in [0.2, 0.25) is 0 Å². The minimum Gasteiger partial charge on any atom is -0.494 e. The summed E-state index contributed by atoms with van der Waals surface area (Å²) in [7, 11) is 0. The minimum absolute atomic E-state index is 0.0326. The van der Waals surface area contributed by atoms with Crippen LogP contribution in [0.15, 0.2) is 63.3 Å². The van der Waals surface area contributed by atoms with Crippen molar-refractivity contribution in [2.45, 2.75) is 19.9 Å². The van der Waals surface area contributed by atoms with E-state index in [2.05, 4.69) is 4.98 Å². The summed E-state index contributed by atoms with van der Waals surface area (Å²) in [5.74, 6) is 0.934. The maximum absolute atomic E-state index is 13.6. The van der Waals surface area contributed by atoms with E-state index in [4.69, 9.17) is 13.9 Å². The molecule has 0 spiro atoms. The third-order valence-corrected chi connectivity index (χ3v) is 6.06. The van der Waals surface area contributed by atoms with Crippen molar-refractivity contribution in [2.24, 2.45) is 0 Å². The Bertz CT molecular complexity index is 1350. The third-order valence-electron chi connectivity index (χ3n) is 5.29. The summed E-state index contributed by atoms with van der Waals surface area (Å²) < 4.78 is 17.1. The van der Waals surface area contributed by atoms with E-state index >= 15 is 0 Å². The Hall–Kier alpha value is -3.65. The summed E-state index contributed by atoms with van der Waals surface area (Å²) in [6.07, 6.45) is 1.63. The van der Waals surface area contributed by atoms with E-state index < -0.39 is 11.9 Å². The number of carbonyl (C=O) groups excluding carboxylic acids is 1. The van der Waals surface area contributed by atoms with Crippen molar-refractivity contribution in [1.82, 2.24) is 4.98 Å². The lowest BCUT2D eigenvalue weighted by atomic mass is 9.98. The number of anilines is 1. The second-order valence-corrected chi connectivity index (χ2v) is 8.03. The molecule has 0 saturated carbocycles. The molecule has 2 aromatic carbocycles. The molecule has 1 aliphatic rings. The van der Waals surface area contributed by atoms with Gasteiger partial charge in [0, 0.05) is 17.6 Å². The Morgan fingerprint density at radius 2 is 1.75 bits per heavy atom. The number of rotatable bonds is 6. The molecule has 0 radical (unpaired) electrons. The second-order valence-electron chi connectivity index (χ2n) is 7.16. The van der Waals surface area contributed by atoms with Gasteiger partial charge in [0.05, 0.1) is 30.2 Å². The van der Waals surface area contributed by atoms with Gasteiger partial charge in [-0.15, -0.1) is 11.3 Å². The van der Waals surface area contributed by atoms with Gasteiger partial charge in [-0.25, -0.2) is 4.98 Å². The van der Waals surface area contributed by atoms with Gasteiger partial charge in [0.1, 0.15) is 17.1 Å². The summed E-state index contributed by atoms with van der Waals surface area (Å²) >= 11 is 1.33. The monoisotopic (exact) mass is 448 g/mol. The summed E-state index contributed by atoms with van der Waals surface area (Å²) in [6, 6.07) is 11.8. The number of nitrogens with zero attached hydrogens (tertiary/aromatic N) is 2. The van der Waals surface area contributed by atoms with Crippen LogP contribution in [0.5, 0.6) is 11.5 Å². The van der Waals surface area contributed by atoms with E-state index in [0.717, 1.165) is 11.3 Å². The predicted molar refractivity (Wildman–Crippen MR) is 122 cm³/mol. The molecule has 3 heterocycles. The van der Waals surface area contributed by atoms with Crippen molar-refractivity contribution < 1.29 is 18.7 Å². The van der Waals surface area contributed by atoms with Crippen LogP contribution < -0.4 is 19.8 Å². The second kappa shape index (κ2) is 8.12. The average Bonchev–Trinajstić information content (AvgIpc) is 3.42. The minimum atomic E-state index is -0.647. The lowest BCUT2D eigenvalue weighted by Gasteiger charge is -2.22. The summed E-state index contributed by atoms with van der Waals surface area (Å²) in [6.45, 7) is 4.82. The van der Waals surface area contributed by atoms with Crippen LogP contribution in [0, 0.1) is 0 Å². The quantitative estimate of drug-likeness (QED) is 0.422. The number of thiazole rings is 1. The zero-order valence-electron chi connectivity index (χ0n) is 17.5. The molecule has 7 nitrogen and oxygen atoms in total. The molecule has 2 aromatic heterocycles. The van der Waals surface area contributed by atoms with Gasteiger partial charge in [0.25, 0.3) is 5.91 Å². The SMILES string of the molecule is CCOc1ccc(C2c3c(oc4cc(OCC)ccc4c3=O)C(=O)N2c2nccs2)cc1. The molecule has 0 saturated heterocycles. The molecule has 0 aliphatic carbocycles. The van der Waals surface area contributed by atoms with E-state index in [1.807, 2.05) is 38.1 Å². The van der Waals surface area contributed by atoms with Crippen molar-refractivity contribution in [3.8, 4) is 11.5 Å². The molecule has 5 rings (SSSR count). The highest BCUT2D eigenvalue weighted by Gasteiger charge is 2.44. The molecule has 4 aromatic rings. The van der Waals surface area contributed by atoms with Gasteiger partial charge in [-0.05, 0) is 43.7 Å². The van der Waals surface area contributed by atoms with Crippen molar-refractivity contribution in [1.29, 1.82) is 0 Å². The first-order valence-electron chi connectivity index (χ1n) is 10.3. The summed E-state index contributed by atoms with van der Waals surface area (Å²) in [5.41, 5.74) is 1.16. The highest BCUT2D eigenvalue weighted by Crippen LogP contribution is 2.42. The molecule has 0 N–H and O–H groups in total. The molecular weight excluding hydrogens is 428 g/mol. The highest BCUT2D eigenvalue weighted by molar-refractivity contribution is 7.13. The number of amides is 1. The first kappa shape index (κ1) is 20.3. The zero-order valence-corrected chi connectivity index (χ0v) is 18.3. The van der Waals surface area contributed by atoms with Gasteiger partial charge in [-0.2, -0.15) is 0 Å². The number of carbonyl (C=O) groups is 1. The maximum atomic E-state index is 13.6. The Kier molecular flexibility index (Phi) is 5.14. The smallest absolute Gasteiger partial charge is 0.297 e. The van der Waals surface area contributed by atoms with E-state index in [0.29, 0.717) is 40.6 Å². The average molecular weight is 449 g/mol. The van der Waals surface area contributed by atoms with Crippen LogP contribution in [0.25, 0.3) is 11.0 Å². The van der Waals surface area contributed by atoms with Gasteiger partial charge in [0.15, 0.2) is 10.6 Å². The fraction of sp³-hybridized carbons (Fsp3) is 0.208. The molecule has 162 valence electrons. The summed E-state index contributed by atoms with van der Waals surface area (Å²) in [5, 5.41) is 2.69. The van der Waals surface area contributed by atoms with Crippen molar-refractivity contribution in [3.05, 3.63) is 81.2 Å². The number of hydrogen-bond donors (Lipinski definition) is 0. The third kappa shape index (κ3) is 3.23. The lowest BCUT2D eigenvalue weighted by Crippen LogP contribution is -2.29. The Balaban J connectivity index is 1.72. The normalized spacial score (nSPS) is 15.2.